The summed E-state index contributed by atoms with van der Waals surface area (Å²) in [5, 5.41) is 9.20. The van der Waals surface area contributed by atoms with Crippen LogP contribution in [0.4, 0.5) is 13.2 Å². The Morgan fingerprint density at radius 3 is 2.76 bits per heavy atom. The number of benzene rings is 1. The molecule has 2 heterocycles. The molecule has 132 valence electrons. The molecule has 0 bridgehead atoms. The molecule has 2 aromatic rings. The molecule has 0 unspecified atom stereocenters. The molecule has 0 radical (unpaired) electrons. The van der Waals surface area contributed by atoms with Crippen LogP contribution in [0.2, 0.25) is 5.02 Å². The van der Waals surface area contributed by atoms with Gasteiger partial charge in [-0.1, -0.05) is 11.6 Å². The molecule has 0 spiro atoms. The number of aliphatic carboxylic acids is 1. The highest BCUT2D eigenvalue weighted by Crippen LogP contribution is 2.43. The average Bonchev–Trinajstić information content (AvgIpc) is 2.54. The number of hydrogen-bond donors (Lipinski definition) is 1. The molecule has 0 saturated carbocycles. The van der Waals surface area contributed by atoms with Crippen LogP contribution in [0.5, 0.6) is 17.2 Å². The first-order valence-corrected chi connectivity index (χ1v) is 7.50. The van der Waals surface area contributed by atoms with E-state index in [9.17, 15) is 18.0 Å². The van der Waals surface area contributed by atoms with E-state index >= 15 is 0 Å². The molecule has 1 aliphatic heterocycles. The fourth-order valence-electron chi connectivity index (χ4n) is 2.53. The van der Waals surface area contributed by atoms with Gasteiger partial charge in [0.15, 0.2) is 0 Å². The summed E-state index contributed by atoms with van der Waals surface area (Å²) < 4.78 is 49.8. The molecule has 0 fully saturated rings. The van der Waals surface area contributed by atoms with E-state index in [1.54, 1.807) is 12.1 Å². The minimum atomic E-state index is -4.81. The molecule has 5 nitrogen and oxygen atoms in total. The van der Waals surface area contributed by atoms with Crippen molar-refractivity contribution in [3.63, 3.8) is 0 Å². The van der Waals surface area contributed by atoms with Crippen LogP contribution in [0.1, 0.15) is 5.56 Å². The Kier molecular flexibility index (Phi) is 4.47. The number of fused-ring (bicyclic) bond motifs is 1. The van der Waals surface area contributed by atoms with E-state index in [0.29, 0.717) is 5.75 Å². The lowest BCUT2D eigenvalue weighted by molar-refractivity contribution is -0.217. The van der Waals surface area contributed by atoms with Crippen molar-refractivity contribution < 1.29 is 32.5 Å². The molecule has 1 aromatic carbocycles. The molecule has 9 heteroatoms. The molecular weight excluding hydrogens is 363 g/mol. The van der Waals surface area contributed by atoms with Crippen molar-refractivity contribution in [1.29, 1.82) is 0 Å². The van der Waals surface area contributed by atoms with Crippen LogP contribution in [0.25, 0.3) is 0 Å². The van der Waals surface area contributed by atoms with Crippen LogP contribution in [0, 0.1) is 5.92 Å². The standard InChI is InChI=1S/C16H11ClF3NO4/c17-11-5-8-4-10(15(22)23)14(16(18,19)20)25-12(8)6-13(11)24-9-2-1-3-21-7-9/h1-3,5-7,10,14H,4H2,(H,22,23)/t10-,14+/m1/s1. The number of pyridine rings is 1. The zero-order valence-electron chi connectivity index (χ0n) is 12.5. The van der Waals surface area contributed by atoms with E-state index < -0.39 is 24.2 Å². The summed E-state index contributed by atoms with van der Waals surface area (Å²) in [6.07, 6.45) is -4.66. The van der Waals surface area contributed by atoms with Crippen LogP contribution in [0.15, 0.2) is 36.7 Å². The Hall–Kier alpha value is -2.48. The van der Waals surface area contributed by atoms with E-state index in [0.717, 1.165) is 0 Å². The summed E-state index contributed by atoms with van der Waals surface area (Å²) in [5.41, 5.74) is 0.274. The smallest absolute Gasteiger partial charge is 0.426 e. The van der Waals surface area contributed by atoms with Gasteiger partial charge in [-0.3, -0.25) is 9.78 Å². The third-order valence-electron chi connectivity index (χ3n) is 3.68. The predicted octanol–water partition coefficient (Wildman–Crippen LogP) is 4.09. The molecular formula is C16H11ClF3NO4. The first-order chi connectivity index (χ1) is 11.8. The van der Waals surface area contributed by atoms with Crippen molar-refractivity contribution in [2.75, 3.05) is 0 Å². The first kappa shape index (κ1) is 17.3. The molecule has 1 N–H and O–H groups in total. The minimum absolute atomic E-state index is 0.0862. The summed E-state index contributed by atoms with van der Waals surface area (Å²) in [7, 11) is 0. The molecule has 2 atom stereocenters. The number of carboxylic acid groups (broad SMARTS) is 1. The maximum atomic E-state index is 13.1. The van der Waals surface area contributed by atoms with Gasteiger partial charge in [0, 0.05) is 12.3 Å². The third kappa shape index (κ3) is 3.63. The molecule has 0 aliphatic carbocycles. The summed E-state index contributed by atoms with van der Waals surface area (Å²) in [5.74, 6) is -3.00. The van der Waals surface area contributed by atoms with Gasteiger partial charge in [0.05, 0.1) is 11.2 Å². The van der Waals surface area contributed by atoms with Crippen molar-refractivity contribution in [3.05, 3.63) is 47.2 Å². The third-order valence-corrected chi connectivity index (χ3v) is 3.97. The number of aromatic nitrogens is 1. The average molecular weight is 374 g/mol. The normalized spacial score (nSPS) is 19.7. The van der Waals surface area contributed by atoms with E-state index in [4.69, 9.17) is 26.2 Å². The second-order valence-electron chi connectivity index (χ2n) is 5.41. The topological polar surface area (TPSA) is 68.7 Å². The zero-order valence-corrected chi connectivity index (χ0v) is 13.2. The van der Waals surface area contributed by atoms with Gasteiger partial charge < -0.3 is 14.6 Å². The number of halogens is 4. The first-order valence-electron chi connectivity index (χ1n) is 7.12. The highest BCUT2D eigenvalue weighted by molar-refractivity contribution is 6.32. The van der Waals surface area contributed by atoms with E-state index in [2.05, 4.69) is 4.98 Å². The van der Waals surface area contributed by atoms with Crippen molar-refractivity contribution in [1.82, 2.24) is 4.98 Å². The quantitative estimate of drug-likeness (QED) is 0.877. The second-order valence-corrected chi connectivity index (χ2v) is 5.82. The molecule has 0 amide bonds. The Bertz CT molecular complexity index is 798. The Morgan fingerprint density at radius 2 is 2.16 bits per heavy atom. The van der Waals surface area contributed by atoms with Gasteiger partial charge in [-0.2, -0.15) is 13.2 Å². The molecule has 1 aromatic heterocycles. The van der Waals surface area contributed by atoms with Crippen LogP contribution in [0.3, 0.4) is 0 Å². The number of carboxylic acids is 1. The Balaban J connectivity index is 1.96. The molecule has 3 rings (SSSR count). The van der Waals surface area contributed by atoms with Crippen molar-refractivity contribution >= 4 is 17.6 Å². The van der Waals surface area contributed by atoms with Crippen LogP contribution < -0.4 is 9.47 Å². The maximum Gasteiger partial charge on any atom is 0.426 e. The van der Waals surface area contributed by atoms with Crippen LogP contribution in [-0.2, 0) is 11.2 Å². The number of hydrogen-bond acceptors (Lipinski definition) is 4. The number of nitrogens with zero attached hydrogens (tertiary/aromatic N) is 1. The van der Waals surface area contributed by atoms with Crippen molar-refractivity contribution in [3.8, 4) is 17.2 Å². The molecule has 25 heavy (non-hydrogen) atoms. The molecule has 0 saturated heterocycles. The Labute approximate surface area is 145 Å². The SMILES string of the molecule is O=C(O)[C@@H]1Cc2cc(Cl)c(Oc3cccnc3)cc2O[C@@H]1C(F)(F)F. The lowest BCUT2D eigenvalue weighted by Gasteiger charge is -2.32. The van der Waals surface area contributed by atoms with Gasteiger partial charge in [0.2, 0.25) is 6.10 Å². The van der Waals surface area contributed by atoms with E-state index in [1.807, 2.05) is 0 Å². The van der Waals surface area contributed by atoms with Gasteiger partial charge in [0.25, 0.3) is 0 Å². The van der Waals surface area contributed by atoms with E-state index in [-0.39, 0.29) is 28.5 Å². The summed E-state index contributed by atoms with van der Waals surface area (Å²) >= 11 is 6.09. The number of carbonyl (C=O) groups is 1. The summed E-state index contributed by atoms with van der Waals surface area (Å²) in [6.45, 7) is 0. The number of rotatable bonds is 3. The van der Waals surface area contributed by atoms with Gasteiger partial charge in [-0.05, 0) is 30.2 Å². The highest BCUT2D eigenvalue weighted by atomic mass is 35.5. The molecule has 1 aliphatic rings. The summed E-state index contributed by atoms with van der Waals surface area (Å²) in [4.78, 5) is 15.0. The monoisotopic (exact) mass is 373 g/mol. The van der Waals surface area contributed by atoms with Crippen molar-refractivity contribution in [2.24, 2.45) is 5.92 Å². The fraction of sp³-hybridized carbons (Fsp3) is 0.250. The number of ether oxygens (including phenoxy) is 2. The van der Waals surface area contributed by atoms with Gasteiger partial charge in [0.1, 0.15) is 23.2 Å². The number of alkyl halides is 3. The second kappa shape index (κ2) is 6.44. The highest BCUT2D eigenvalue weighted by Gasteiger charge is 2.52. The van der Waals surface area contributed by atoms with Crippen LogP contribution >= 0.6 is 11.6 Å². The predicted molar refractivity (Wildman–Crippen MR) is 81.1 cm³/mol. The fourth-order valence-corrected chi connectivity index (χ4v) is 2.76. The zero-order chi connectivity index (χ0) is 18.2. The van der Waals surface area contributed by atoms with Gasteiger partial charge in [-0.25, -0.2) is 0 Å². The lowest BCUT2D eigenvalue weighted by Crippen LogP contribution is -2.47. The largest absolute Gasteiger partial charge is 0.481 e. The Morgan fingerprint density at radius 1 is 1.40 bits per heavy atom. The lowest BCUT2D eigenvalue weighted by atomic mass is 9.90. The van der Waals surface area contributed by atoms with E-state index in [1.165, 1.54) is 24.5 Å². The van der Waals surface area contributed by atoms with Crippen molar-refractivity contribution in [2.45, 2.75) is 18.7 Å². The van der Waals surface area contributed by atoms with Gasteiger partial charge in [-0.15, -0.1) is 0 Å². The summed E-state index contributed by atoms with van der Waals surface area (Å²) in [6, 6.07) is 5.80. The van der Waals surface area contributed by atoms with Gasteiger partial charge >= 0.3 is 12.1 Å². The minimum Gasteiger partial charge on any atom is -0.481 e. The maximum absolute atomic E-state index is 13.1. The van der Waals surface area contributed by atoms with Crippen LogP contribution in [-0.4, -0.2) is 28.3 Å².